The second kappa shape index (κ2) is 12.8. The molecule has 0 aliphatic heterocycles. The van der Waals surface area contributed by atoms with Gasteiger partial charge in [0.25, 0.3) is 0 Å². The first-order valence-corrected chi connectivity index (χ1v) is 11.5. The molecule has 0 saturated heterocycles. The zero-order valence-electron chi connectivity index (χ0n) is 17.3. The molecule has 0 aliphatic carbocycles. The molecule has 2 rings (SSSR count). The van der Waals surface area contributed by atoms with Gasteiger partial charge >= 0.3 is 0 Å². The summed E-state index contributed by atoms with van der Waals surface area (Å²) in [6, 6.07) is 7.43. The molecule has 9 heteroatoms. The fourth-order valence-corrected chi connectivity index (χ4v) is 4.14. The topological polar surface area (TPSA) is 85.4 Å². The van der Waals surface area contributed by atoms with E-state index in [1.165, 1.54) is 0 Å². The minimum Gasteiger partial charge on any atom is -0.468 e. The average Bonchev–Trinajstić information content (AvgIpc) is 3.40. The number of nitrogens with zero attached hydrogens (tertiary/aromatic N) is 2. The molecule has 0 aliphatic rings. The number of hydrogen-bond acceptors (Lipinski definition) is 8. The monoisotopic (exact) mass is 428 g/mol. The lowest BCUT2D eigenvalue weighted by atomic mass is 10.4. The Morgan fingerprint density at radius 3 is 1.59 bits per heavy atom. The molecule has 2 aromatic rings. The second-order valence-corrected chi connectivity index (χ2v) is 9.15. The number of rotatable bonds is 16. The van der Waals surface area contributed by atoms with Crippen molar-refractivity contribution in [1.29, 1.82) is 0 Å². The highest BCUT2D eigenvalue weighted by Crippen LogP contribution is 2.08. The van der Waals surface area contributed by atoms with Gasteiger partial charge in [-0.1, -0.05) is 0 Å². The van der Waals surface area contributed by atoms with Crippen molar-refractivity contribution in [1.82, 2.24) is 9.80 Å². The third-order valence-electron chi connectivity index (χ3n) is 4.58. The summed E-state index contributed by atoms with van der Waals surface area (Å²) in [5.74, 6) is 1.80. The molecule has 8 nitrogen and oxygen atoms in total. The fraction of sp³-hybridized carbons (Fsp3) is 0.600. The Bertz CT molecular complexity index is 688. The summed E-state index contributed by atoms with van der Waals surface area (Å²) < 4.78 is 46.3. The fourth-order valence-electron chi connectivity index (χ4n) is 2.86. The van der Waals surface area contributed by atoms with Crippen molar-refractivity contribution in [2.45, 2.75) is 13.1 Å². The average molecular weight is 429 g/mol. The van der Waals surface area contributed by atoms with Gasteiger partial charge in [0.15, 0.2) is 9.84 Å². The Hall–Kier alpha value is -1.65. The van der Waals surface area contributed by atoms with Crippen LogP contribution in [0.15, 0.2) is 45.6 Å². The standard InChI is InChI=1S/C20H32N2O6S/c1-25-13-7-21(17-19-5-3-11-27-19)9-15-29(23,24)16-10-22(8-14-26-2)18-20-6-4-12-28-20/h3-6,11-12H,7-10,13-18H2,1-2H3. The quantitative estimate of drug-likeness (QED) is 0.401. The van der Waals surface area contributed by atoms with E-state index in [-0.39, 0.29) is 11.5 Å². The van der Waals surface area contributed by atoms with Gasteiger partial charge in [0.05, 0.1) is 50.3 Å². The molecule has 0 amide bonds. The Morgan fingerprint density at radius 1 is 0.793 bits per heavy atom. The summed E-state index contributed by atoms with van der Waals surface area (Å²) >= 11 is 0. The molecule has 0 bridgehead atoms. The van der Waals surface area contributed by atoms with Gasteiger partial charge in [-0.3, -0.25) is 9.80 Å². The third kappa shape index (κ3) is 9.60. The molecule has 2 heterocycles. The van der Waals surface area contributed by atoms with E-state index in [2.05, 4.69) is 0 Å². The molecule has 0 aromatic carbocycles. The Labute approximate surface area is 173 Å². The zero-order valence-corrected chi connectivity index (χ0v) is 18.1. The largest absolute Gasteiger partial charge is 0.468 e. The number of hydrogen-bond donors (Lipinski definition) is 0. The van der Waals surface area contributed by atoms with Gasteiger partial charge in [0.1, 0.15) is 11.5 Å². The molecule has 0 N–H and O–H groups in total. The van der Waals surface area contributed by atoms with Gasteiger partial charge in [-0.25, -0.2) is 8.42 Å². The van der Waals surface area contributed by atoms with Crippen LogP contribution in [0, 0.1) is 0 Å². The van der Waals surface area contributed by atoms with Crippen LogP contribution < -0.4 is 0 Å². The van der Waals surface area contributed by atoms with Gasteiger partial charge in [-0.2, -0.15) is 0 Å². The van der Waals surface area contributed by atoms with Crippen LogP contribution in [0.4, 0.5) is 0 Å². The molecule has 0 fully saturated rings. The smallest absolute Gasteiger partial charge is 0.152 e. The number of ether oxygens (including phenoxy) is 2. The minimum absolute atomic E-state index is 0.0935. The van der Waals surface area contributed by atoms with Crippen LogP contribution in [-0.4, -0.2) is 83.3 Å². The highest BCUT2D eigenvalue weighted by molar-refractivity contribution is 7.91. The first kappa shape index (κ1) is 23.6. The van der Waals surface area contributed by atoms with Crippen LogP contribution in [0.1, 0.15) is 11.5 Å². The van der Waals surface area contributed by atoms with Crippen LogP contribution in [-0.2, 0) is 32.4 Å². The van der Waals surface area contributed by atoms with Gasteiger partial charge in [0, 0.05) is 40.4 Å². The van der Waals surface area contributed by atoms with E-state index in [0.29, 0.717) is 52.5 Å². The highest BCUT2D eigenvalue weighted by Gasteiger charge is 2.17. The zero-order chi connectivity index (χ0) is 21.0. The molecular weight excluding hydrogens is 396 g/mol. The van der Waals surface area contributed by atoms with E-state index in [4.69, 9.17) is 18.3 Å². The van der Waals surface area contributed by atoms with Crippen molar-refractivity contribution in [3.63, 3.8) is 0 Å². The Kier molecular flexibility index (Phi) is 10.4. The highest BCUT2D eigenvalue weighted by atomic mass is 32.2. The van der Waals surface area contributed by atoms with E-state index in [1.54, 1.807) is 26.7 Å². The first-order chi connectivity index (χ1) is 14.0. The SMILES string of the molecule is COCCN(CCS(=O)(=O)CCN(CCOC)Cc1ccco1)Cc1ccco1. The lowest BCUT2D eigenvalue weighted by Crippen LogP contribution is -2.35. The maximum Gasteiger partial charge on any atom is 0.152 e. The van der Waals surface area contributed by atoms with Crippen LogP contribution in [0.2, 0.25) is 0 Å². The van der Waals surface area contributed by atoms with E-state index < -0.39 is 9.84 Å². The van der Waals surface area contributed by atoms with Crippen LogP contribution in [0.3, 0.4) is 0 Å². The van der Waals surface area contributed by atoms with Crippen molar-refractivity contribution in [3.05, 3.63) is 48.3 Å². The maximum absolute atomic E-state index is 12.6. The lowest BCUT2D eigenvalue weighted by molar-refractivity contribution is 0.142. The second-order valence-electron chi connectivity index (χ2n) is 6.85. The minimum atomic E-state index is -3.21. The van der Waals surface area contributed by atoms with Crippen molar-refractivity contribution in [3.8, 4) is 0 Å². The molecule has 2 aromatic heterocycles. The van der Waals surface area contributed by atoms with Crippen molar-refractivity contribution >= 4 is 9.84 Å². The van der Waals surface area contributed by atoms with E-state index in [9.17, 15) is 8.42 Å². The van der Waals surface area contributed by atoms with Gasteiger partial charge in [0.2, 0.25) is 0 Å². The van der Waals surface area contributed by atoms with Crippen LogP contribution in [0.25, 0.3) is 0 Å². The summed E-state index contributed by atoms with van der Waals surface area (Å²) in [6.45, 7) is 4.35. The van der Waals surface area contributed by atoms with Crippen molar-refractivity contribution < 1.29 is 26.7 Å². The van der Waals surface area contributed by atoms with Gasteiger partial charge in [-0.15, -0.1) is 0 Å². The van der Waals surface area contributed by atoms with E-state index in [0.717, 1.165) is 11.5 Å². The summed E-state index contributed by atoms with van der Waals surface area (Å²) in [6.07, 6.45) is 3.24. The van der Waals surface area contributed by atoms with Crippen LogP contribution >= 0.6 is 0 Å². The molecule has 0 saturated carbocycles. The Balaban J connectivity index is 1.84. The first-order valence-electron chi connectivity index (χ1n) is 9.70. The molecule has 0 spiro atoms. The number of methoxy groups -OCH3 is 2. The molecule has 0 unspecified atom stereocenters. The predicted octanol–water partition coefficient (Wildman–Crippen LogP) is 1.88. The van der Waals surface area contributed by atoms with Gasteiger partial charge in [-0.05, 0) is 24.3 Å². The molecular formula is C20H32N2O6S. The predicted molar refractivity (Wildman–Crippen MR) is 110 cm³/mol. The lowest BCUT2D eigenvalue weighted by Gasteiger charge is -2.22. The number of furan rings is 2. The molecule has 164 valence electrons. The van der Waals surface area contributed by atoms with E-state index in [1.807, 2.05) is 34.1 Å². The third-order valence-corrected chi connectivity index (χ3v) is 6.19. The van der Waals surface area contributed by atoms with E-state index >= 15 is 0 Å². The van der Waals surface area contributed by atoms with Crippen molar-refractivity contribution in [2.24, 2.45) is 0 Å². The summed E-state index contributed by atoms with van der Waals surface area (Å²) in [5.41, 5.74) is 0. The molecule has 0 atom stereocenters. The maximum atomic E-state index is 12.6. The van der Waals surface area contributed by atoms with Crippen LogP contribution in [0.5, 0.6) is 0 Å². The normalized spacial score (nSPS) is 12.3. The summed E-state index contributed by atoms with van der Waals surface area (Å²) in [7, 11) is 0.0629. The van der Waals surface area contributed by atoms with Gasteiger partial charge < -0.3 is 18.3 Å². The molecule has 29 heavy (non-hydrogen) atoms. The Morgan fingerprint density at radius 2 is 1.24 bits per heavy atom. The molecule has 0 radical (unpaired) electrons. The van der Waals surface area contributed by atoms with Crippen molar-refractivity contribution in [2.75, 3.05) is 65.1 Å². The number of sulfone groups is 1. The summed E-state index contributed by atoms with van der Waals surface area (Å²) in [4.78, 5) is 4.07. The summed E-state index contributed by atoms with van der Waals surface area (Å²) in [5, 5.41) is 0.